The number of amides is 1. The number of hydrogen-bond acceptors (Lipinski definition) is 5. The van der Waals surface area contributed by atoms with E-state index in [2.05, 4.69) is 35.9 Å². The van der Waals surface area contributed by atoms with E-state index in [1.54, 1.807) is 7.11 Å². The molecular formula is C20H31N3O3. The third kappa shape index (κ3) is 4.48. The van der Waals surface area contributed by atoms with Crippen LogP contribution >= 0.6 is 0 Å². The number of methoxy groups -OCH3 is 1. The first-order chi connectivity index (χ1) is 12.4. The van der Waals surface area contributed by atoms with Crippen LogP contribution in [0.2, 0.25) is 0 Å². The topological polar surface area (TPSA) is 54.0 Å². The normalized spacial score (nSPS) is 23.0. The van der Waals surface area contributed by atoms with Gasteiger partial charge >= 0.3 is 0 Å². The van der Waals surface area contributed by atoms with Gasteiger partial charge in [0.05, 0.1) is 19.7 Å². The van der Waals surface area contributed by atoms with Crippen molar-refractivity contribution in [3.8, 4) is 11.5 Å². The van der Waals surface area contributed by atoms with Gasteiger partial charge in [-0.25, -0.2) is 0 Å². The quantitative estimate of drug-likeness (QED) is 0.870. The van der Waals surface area contributed by atoms with Crippen molar-refractivity contribution in [3.63, 3.8) is 0 Å². The van der Waals surface area contributed by atoms with Crippen molar-refractivity contribution < 1.29 is 14.3 Å². The number of carbonyl (C=O) groups excluding carboxylic acids is 1. The molecule has 2 aliphatic rings. The third-order valence-corrected chi connectivity index (χ3v) is 5.29. The number of benzene rings is 1. The molecule has 1 unspecified atom stereocenters. The number of fused-ring (bicyclic) bond motifs is 1. The van der Waals surface area contributed by atoms with E-state index >= 15 is 0 Å². The first kappa shape index (κ1) is 19.0. The summed E-state index contributed by atoms with van der Waals surface area (Å²) in [5, 5.41) is 3.23. The Labute approximate surface area is 156 Å². The molecule has 1 N–H and O–H groups in total. The van der Waals surface area contributed by atoms with Gasteiger partial charge in [-0.05, 0) is 32.5 Å². The Morgan fingerprint density at radius 3 is 2.62 bits per heavy atom. The Morgan fingerprint density at radius 2 is 1.96 bits per heavy atom. The molecule has 0 spiro atoms. The van der Waals surface area contributed by atoms with E-state index in [4.69, 9.17) is 9.47 Å². The Bertz CT molecular complexity index is 639. The van der Waals surface area contributed by atoms with Gasteiger partial charge in [0.2, 0.25) is 5.91 Å². The molecule has 0 aromatic heterocycles. The standard InChI is InChI=1S/C20H31N3O3/c1-5-22-8-10-23(11-9-22)14-19(24)21-17-13-20(2,3)26-18-12-15(25-4)6-7-16(17)18/h6-7,12,17H,5,8-11,13-14H2,1-4H3,(H,21,24). The van der Waals surface area contributed by atoms with Gasteiger partial charge in [-0.1, -0.05) is 6.92 Å². The van der Waals surface area contributed by atoms with E-state index in [0.717, 1.165) is 56.2 Å². The lowest BCUT2D eigenvalue weighted by atomic mass is 9.89. The number of ether oxygens (including phenoxy) is 2. The zero-order valence-corrected chi connectivity index (χ0v) is 16.4. The van der Waals surface area contributed by atoms with E-state index in [1.807, 2.05) is 18.2 Å². The fourth-order valence-corrected chi connectivity index (χ4v) is 3.79. The zero-order valence-electron chi connectivity index (χ0n) is 16.4. The van der Waals surface area contributed by atoms with Crippen LogP contribution in [0.25, 0.3) is 0 Å². The molecule has 1 aromatic carbocycles. The average Bonchev–Trinajstić information content (AvgIpc) is 2.60. The number of nitrogens with zero attached hydrogens (tertiary/aromatic N) is 2. The van der Waals surface area contributed by atoms with Crippen molar-refractivity contribution in [2.45, 2.75) is 38.8 Å². The first-order valence-corrected chi connectivity index (χ1v) is 9.51. The molecule has 1 saturated heterocycles. The lowest BCUT2D eigenvalue weighted by molar-refractivity contribution is -0.123. The molecule has 0 saturated carbocycles. The number of rotatable bonds is 5. The van der Waals surface area contributed by atoms with E-state index < -0.39 is 0 Å². The first-order valence-electron chi connectivity index (χ1n) is 9.51. The zero-order chi connectivity index (χ0) is 18.7. The van der Waals surface area contributed by atoms with E-state index in [0.29, 0.717) is 6.54 Å². The molecule has 1 aromatic rings. The highest BCUT2D eigenvalue weighted by molar-refractivity contribution is 5.78. The van der Waals surface area contributed by atoms with Gasteiger partial charge in [-0.2, -0.15) is 0 Å². The SMILES string of the molecule is CCN1CCN(CC(=O)NC2CC(C)(C)Oc3cc(OC)ccc32)CC1. The third-order valence-electron chi connectivity index (χ3n) is 5.29. The Hall–Kier alpha value is -1.79. The van der Waals surface area contributed by atoms with E-state index in [9.17, 15) is 4.79 Å². The van der Waals surface area contributed by atoms with Gasteiger partial charge in [0.15, 0.2) is 0 Å². The monoisotopic (exact) mass is 361 g/mol. The predicted molar refractivity (Wildman–Crippen MR) is 102 cm³/mol. The molecule has 1 fully saturated rings. The Balaban J connectivity index is 1.65. The van der Waals surface area contributed by atoms with Crippen LogP contribution in [0.4, 0.5) is 0 Å². The Kier molecular flexibility index (Phi) is 5.73. The lowest BCUT2D eigenvalue weighted by Gasteiger charge is -2.38. The number of carbonyl (C=O) groups is 1. The van der Waals surface area contributed by atoms with Crippen molar-refractivity contribution in [1.82, 2.24) is 15.1 Å². The summed E-state index contributed by atoms with van der Waals surface area (Å²) in [6.07, 6.45) is 0.752. The summed E-state index contributed by atoms with van der Waals surface area (Å²) in [6.45, 7) is 11.8. The molecule has 2 heterocycles. The summed E-state index contributed by atoms with van der Waals surface area (Å²) in [7, 11) is 1.65. The summed E-state index contributed by atoms with van der Waals surface area (Å²) in [5.41, 5.74) is 0.693. The fourth-order valence-electron chi connectivity index (χ4n) is 3.79. The second-order valence-corrected chi connectivity index (χ2v) is 7.80. The number of hydrogen-bond donors (Lipinski definition) is 1. The van der Waals surface area contributed by atoms with Crippen LogP contribution in [0.1, 0.15) is 38.8 Å². The van der Waals surface area contributed by atoms with Crippen LogP contribution in [-0.4, -0.2) is 67.7 Å². The second-order valence-electron chi connectivity index (χ2n) is 7.80. The minimum atomic E-state index is -0.329. The number of likely N-dealkylation sites (N-methyl/N-ethyl adjacent to an activating group) is 1. The van der Waals surface area contributed by atoms with Gasteiger partial charge < -0.3 is 19.7 Å². The fraction of sp³-hybridized carbons (Fsp3) is 0.650. The molecule has 0 aliphatic carbocycles. The summed E-state index contributed by atoms with van der Waals surface area (Å²) >= 11 is 0. The molecule has 0 radical (unpaired) electrons. The molecule has 6 heteroatoms. The van der Waals surface area contributed by atoms with Gasteiger partial charge in [0.1, 0.15) is 17.1 Å². The molecule has 1 amide bonds. The van der Waals surface area contributed by atoms with Crippen molar-refractivity contribution >= 4 is 5.91 Å². The maximum Gasteiger partial charge on any atom is 0.234 e. The molecule has 26 heavy (non-hydrogen) atoms. The maximum absolute atomic E-state index is 12.6. The van der Waals surface area contributed by atoms with Crippen molar-refractivity contribution in [2.75, 3.05) is 46.4 Å². The minimum Gasteiger partial charge on any atom is -0.497 e. The van der Waals surface area contributed by atoms with Crippen LogP contribution in [0.3, 0.4) is 0 Å². The number of piperazine rings is 1. The minimum absolute atomic E-state index is 0.0379. The molecule has 6 nitrogen and oxygen atoms in total. The van der Waals surface area contributed by atoms with Gasteiger partial charge in [0.25, 0.3) is 0 Å². The van der Waals surface area contributed by atoms with Gasteiger partial charge in [-0.15, -0.1) is 0 Å². The summed E-state index contributed by atoms with van der Waals surface area (Å²) in [4.78, 5) is 17.3. The molecular weight excluding hydrogens is 330 g/mol. The van der Waals surface area contributed by atoms with Crippen LogP contribution < -0.4 is 14.8 Å². The van der Waals surface area contributed by atoms with Crippen LogP contribution in [0.5, 0.6) is 11.5 Å². The molecule has 3 rings (SSSR count). The Morgan fingerprint density at radius 1 is 1.27 bits per heavy atom. The highest BCUT2D eigenvalue weighted by atomic mass is 16.5. The smallest absolute Gasteiger partial charge is 0.234 e. The van der Waals surface area contributed by atoms with Crippen LogP contribution in [0.15, 0.2) is 18.2 Å². The molecule has 0 bridgehead atoms. The molecule has 1 atom stereocenters. The average molecular weight is 361 g/mol. The predicted octanol–water partition coefficient (Wildman–Crippen LogP) is 2.05. The van der Waals surface area contributed by atoms with E-state index in [1.165, 1.54) is 0 Å². The van der Waals surface area contributed by atoms with Crippen molar-refractivity contribution in [1.29, 1.82) is 0 Å². The molecule has 144 valence electrons. The van der Waals surface area contributed by atoms with Crippen molar-refractivity contribution in [3.05, 3.63) is 23.8 Å². The highest BCUT2D eigenvalue weighted by Gasteiger charge is 2.35. The summed E-state index contributed by atoms with van der Waals surface area (Å²) in [6, 6.07) is 5.78. The highest BCUT2D eigenvalue weighted by Crippen LogP contribution is 2.41. The van der Waals surface area contributed by atoms with Gasteiger partial charge in [-0.3, -0.25) is 9.69 Å². The molecule has 2 aliphatic heterocycles. The number of nitrogens with one attached hydrogen (secondary N) is 1. The second kappa shape index (κ2) is 7.84. The van der Waals surface area contributed by atoms with E-state index in [-0.39, 0.29) is 17.6 Å². The van der Waals surface area contributed by atoms with Crippen LogP contribution in [-0.2, 0) is 4.79 Å². The largest absolute Gasteiger partial charge is 0.497 e. The maximum atomic E-state index is 12.6. The summed E-state index contributed by atoms with van der Waals surface area (Å²) < 4.78 is 11.4. The summed E-state index contributed by atoms with van der Waals surface area (Å²) in [5.74, 6) is 1.64. The lowest BCUT2D eigenvalue weighted by Crippen LogP contribution is -2.50. The van der Waals surface area contributed by atoms with Crippen molar-refractivity contribution in [2.24, 2.45) is 0 Å². The van der Waals surface area contributed by atoms with Crippen LogP contribution in [0, 0.1) is 0 Å². The van der Waals surface area contributed by atoms with Gasteiger partial charge in [0, 0.05) is 44.2 Å².